The summed E-state index contributed by atoms with van der Waals surface area (Å²) in [6.45, 7) is 1.73. The van der Waals surface area contributed by atoms with E-state index in [2.05, 4.69) is 15.3 Å². The number of esters is 1. The van der Waals surface area contributed by atoms with E-state index in [1.165, 1.54) is 31.0 Å². The lowest BCUT2D eigenvalue weighted by molar-refractivity contribution is -0.136. The van der Waals surface area contributed by atoms with Crippen molar-refractivity contribution in [2.24, 2.45) is 0 Å². The molecule has 31 heavy (non-hydrogen) atoms. The third-order valence-electron chi connectivity index (χ3n) is 5.05. The van der Waals surface area contributed by atoms with Crippen molar-refractivity contribution in [3.8, 4) is 0 Å². The number of nitrogens with one attached hydrogen (secondary N) is 2. The van der Waals surface area contributed by atoms with Gasteiger partial charge in [0.2, 0.25) is 0 Å². The number of carbonyl (C=O) groups is 1. The van der Waals surface area contributed by atoms with Crippen LogP contribution in [0.4, 0.5) is 10.2 Å². The number of methoxy groups -OCH3 is 1. The van der Waals surface area contributed by atoms with Crippen molar-refractivity contribution in [2.45, 2.75) is 23.8 Å². The molecule has 8 heteroatoms. The maximum atomic E-state index is 13.5. The summed E-state index contributed by atoms with van der Waals surface area (Å²) in [5.74, 6) is -0.677. The molecule has 1 atom stereocenters. The van der Waals surface area contributed by atoms with E-state index in [4.69, 9.17) is 4.74 Å². The molecule has 2 aromatic carbocycles. The van der Waals surface area contributed by atoms with Crippen molar-refractivity contribution < 1.29 is 13.9 Å². The third kappa shape index (κ3) is 4.25. The van der Waals surface area contributed by atoms with Crippen LogP contribution in [0.25, 0.3) is 0 Å². The van der Waals surface area contributed by atoms with Crippen molar-refractivity contribution in [1.82, 2.24) is 9.97 Å². The first-order chi connectivity index (χ1) is 15.0. The zero-order valence-electron chi connectivity index (χ0n) is 16.9. The van der Waals surface area contributed by atoms with E-state index in [0.717, 1.165) is 5.56 Å². The van der Waals surface area contributed by atoms with Gasteiger partial charge in [0.05, 0.1) is 24.2 Å². The summed E-state index contributed by atoms with van der Waals surface area (Å²) in [5, 5.41) is 3.54. The Morgan fingerprint density at radius 3 is 2.55 bits per heavy atom. The smallest absolute Gasteiger partial charge is 0.336 e. The molecule has 0 amide bonds. The van der Waals surface area contributed by atoms with Crippen molar-refractivity contribution >= 4 is 23.5 Å². The predicted octanol–water partition coefficient (Wildman–Crippen LogP) is 4.21. The molecule has 0 saturated carbocycles. The number of rotatable bonds is 5. The molecule has 0 bridgehead atoms. The maximum absolute atomic E-state index is 13.5. The lowest BCUT2D eigenvalue weighted by Crippen LogP contribution is -2.31. The van der Waals surface area contributed by atoms with Crippen LogP contribution >= 0.6 is 11.8 Å². The molecule has 1 unspecified atom stereocenters. The van der Waals surface area contributed by atoms with Crippen LogP contribution in [0.1, 0.15) is 29.5 Å². The average Bonchev–Trinajstić information content (AvgIpc) is 2.77. The number of halogens is 1. The minimum atomic E-state index is -0.728. The Bertz CT molecular complexity index is 1210. The first-order valence-electron chi connectivity index (χ1n) is 9.60. The second-order valence-electron chi connectivity index (χ2n) is 7.05. The summed E-state index contributed by atoms with van der Waals surface area (Å²) in [7, 11) is 1.28. The largest absolute Gasteiger partial charge is 0.466 e. The lowest BCUT2D eigenvalue weighted by Gasteiger charge is -2.28. The molecule has 1 aliphatic heterocycles. The first kappa shape index (κ1) is 20.9. The van der Waals surface area contributed by atoms with Gasteiger partial charge < -0.3 is 15.0 Å². The van der Waals surface area contributed by atoms with Crippen LogP contribution < -0.4 is 10.9 Å². The summed E-state index contributed by atoms with van der Waals surface area (Å²) >= 11 is 1.41. The van der Waals surface area contributed by atoms with Crippen molar-refractivity contribution in [2.75, 3.05) is 12.4 Å². The SMILES string of the molecule is COC(=O)C1=C(C)Nc2nc(SCc3ccccc3)[nH]c(=O)c2C1c1ccc(F)cc1. The van der Waals surface area contributed by atoms with Crippen LogP contribution in [0, 0.1) is 5.82 Å². The van der Waals surface area contributed by atoms with E-state index >= 15 is 0 Å². The molecule has 0 spiro atoms. The highest BCUT2D eigenvalue weighted by Gasteiger charge is 2.36. The minimum absolute atomic E-state index is 0.290. The van der Waals surface area contributed by atoms with Crippen LogP contribution in [-0.2, 0) is 15.3 Å². The van der Waals surface area contributed by atoms with Crippen LogP contribution in [0.5, 0.6) is 0 Å². The first-order valence-corrected chi connectivity index (χ1v) is 10.6. The van der Waals surface area contributed by atoms with Gasteiger partial charge in [-0.25, -0.2) is 14.2 Å². The molecule has 0 fully saturated rings. The Morgan fingerprint density at radius 1 is 1.16 bits per heavy atom. The van der Waals surface area contributed by atoms with Crippen molar-refractivity contribution in [1.29, 1.82) is 0 Å². The fourth-order valence-electron chi connectivity index (χ4n) is 3.59. The molecular formula is C23H20FN3O3S. The second kappa shape index (κ2) is 8.77. The molecule has 0 aliphatic carbocycles. The normalized spacial score (nSPS) is 15.3. The van der Waals surface area contributed by atoms with E-state index in [0.29, 0.717) is 39.1 Å². The van der Waals surface area contributed by atoms with Gasteiger partial charge in [-0.1, -0.05) is 54.2 Å². The molecule has 158 valence electrons. The summed E-state index contributed by atoms with van der Waals surface area (Å²) in [6, 6.07) is 15.6. The molecule has 1 aliphatic rings. The number of hydrogen-bond acceptors (Lipinski definition) is 6. The Balaban J connectivity index is 1.77. The van der Waals surface area contributed by atoms with Crippen molar-refractivity contribution in [3.63, 3.8) is 0 Å². The fourth-order valence-corrected chi connectivity index (χ4v) is 4.41. The monoisotopic (exact) mass is 437 g/mol. The van der Waals surface area contributed by atoms with Crippen LogP contribution in [0.15, 0.2) is 75.8 Å². The number of allylic oxidation sites excluding steroid dienone is 1. The van der Waals surface area contributed by atoms with E-state index < -0.39 is 17.7 Å². The Kier molecular flexibility index (Phi) is 5.90. The van der Waals surface area contributed by atoms with Crippen LogP contribution in [-0.4, -0.2) is 23.0 Å². The summed E-state index contributed by atoms with van der Waals surface area (Å²) in [6.07, 6.45) is 0. The molecule has 0 radical (unpaired) electrons. The molecule has 2 N–H and O–H groups in total. The minimum Gasteiger partial charge on any atom is -0.466 e. The number of hydrogen-bond donors (Lipinski definition) is 2. The van der Waals surface area contributed by atoms with Gasteiger partial charge in [0.15, 0.2) is 5.16 Å². The van der Waals surface area contributed by atoms with E-state index in [-0.39, 0.29) is 5.56 Å². The van der Waals surface area contributed by atoms with E-state index in [9.17, 15) is 14.0 Å². The number of H-pyrrole nitrogens is 1. The lowest BCUT2D eigenvalue weighted by atomic mass is 9.82. The highest BCUT2D eigenvalue weighted by Crippen LogP contribution is 2.40. The van der Waals surface area contributed by atoms with E-state index in [1.807, 2.05) is 30.3 Å². The van der Waals surface area contributed by atoms with Gasteiger partial charge in [-0.15, -0.1) is 0 Å². The van der Waals surface area contributed by atoms with Gasteiger partial charge in [-0.2, -0.15) is 0 Å². The zero-order valence-corrected chi connectivity index (χ0v) is 17.8. The topological polar surface area (TPSA) is 84.1 Å². The van der Waals surface area contributed by atoms with Crippen LogP contribution in [0.2, 0.25) is 0 Å². The predicted molar refractivity (Wildman–Crippen MR) is 117 cm³/mol. The highest BCUT2D eigenvalue weighted by molar-refractivity contribution is 7.98. The Labute approximate surface area is 182 Å². The zero-order chi connectivity index (χ0) is 22.0. The highest BCUT2D eigenvalue weighted by atomic mass is 32.2. The van der Waals surface area contributed by atoms with Crippen LogP contribution in [0.3, 0.4) is 0 Å². The fraction of sp³-hybridized carbons (Fsp3) is 0.174. The van der Waals surface area contributed by atoms with Gasteiger partial charge in [-0.3, -0.25) is 4.79 Å². The number of aromatic nitrogens is 2. The van der Waals surface area contributed by atoms with Gasteiger partial charge in [0, 0.05) is 11.4 Å². The van der Waals surface area contributed by atoms with E-state index in [1.54, 1.807) is 19.1 Å². The quantitative estimate of drug-likeness (QED) is 0.354. The van der Waals surface area contributed by atoms with Gasteiger partial charge in [-0.05, 0) is 30.2 Å². The Morgan fingerprint density at radius 2 is 1.87 bits per heavy atom. The summed E-state index contributed by atoms with van der Waals surface area (Å²) in [5.41, 5.74) is 2.46. The number of benzene rings is 2. The Hall–Kier alpha value is -3.39. The standard InChI is InChI=1S/C23H20FN3O3S/c1-13-17(22(29)30-2)18(15-8-10-16(24)11-9-15)19-20(25-13)26-23(27-21(19)28)31-12-14-6-4-3-5-7-14/h3-11,18H,12H2,1-2H3,(H2,25,26,27,28). The molecule has 2 heterocycles. The second-order valence-corrected chi connectivity index (χ2v) is 8.01. The number of thioether (sulfide) groups is 1. The molecule has 1 aromatic heterocycles. The molecule has 4 rings (SSSR count). The van der Waals surface area contributed by atoms with Gasteiger partial charge in [0.1, 0.15) is 11.6 Å². The van der Waals surface area contributed by atoms with Crippen molar-refractivity contribution in [3.05, 3.63) is 98.7 Å². The number of anilines is 1. The number of fused-ring (bicyclic) bond motifs is 1. The molecule has 3 aromatic rings. The number of nitrogens with zero attached hydrogens (tertiary/aromatic N) is 1. The average molecular weight is 437 g/mol. The maximum Gasteiger partial charge on any atom is 0.336 e. The molecule has 6 nitrogen and oxygen atoms in total. The number of ether oxygens (including phenoxy) is 1. The summed E-state index contributed by atoms with van der Waals surface area (Å²) < 4.78 is 18.5. The number of aromatic amines is 1. The number of carbonyl (C=O) groups excluding carboxylic acids is 1. The third-order valence-corrected chi connectivity index (χ3v) is 5.99. The van der Waals surface area contributed by atoms with Gasteiger partial charge >= 0.3 is 5.97 Å². The molecular weight excluding hydrogens is 417 g/mol. The van der Waals surface area contributed by atoms with Gasteiger partial charge in [0.25, 0.3) is 5.56 Å². The summed E-state index contributed by atoms with van der Waals surface area (Å²) in [4.78, 5) is 33.1. The molecule has 0 saturated heterocycles.